The van der Waals surface area contributed by atoms with Gasteiger partial charge in [-0.2, -0.15) is 8.42 Å². The van der Waals surface area contributed by atoms with Crippen molar-refractivity contribution in [3.8, 4) is 0 Å². The van der Waals surface area contributed by atoms with Crippen LogP contribution in [0.25, 0.3) is 0 Å². The molecule has 0 bridgehead atoms. The third-order valence-electron chi connectivity index (χ3n) is 4.91. The molecule has 0 fully saturated rings. The summed E-state index contributed by atoms with van der Waals surface area (Å²) in [6.45, 7) is 1.26. The lowest BCUT2D eigenvalue weighted by atomic mass is 10.2. The molecule has 0 heterocycles. The minimum Gasteiger partial charge on any atom is -0.352 e. The number of carbonyl (C=O) groups is 2. The zero-order valence-corrected chi connectivity index (χ0v) is 20.7. The van der Waals surface area contributed by atoms with E-state index in [2.05, 4.69) is 16.0 Å². The van der Waals surface area contributed by atoms with Crippen LogP contribution in [-0.2, 0) is 14.3 Å². The van der Waals surface area contributed by atoms with Gasteiger partial charge in [-0.25, -0.2) is 4.18 Å². The van der Waals surface area contributed by atoms with Crippen molar-refractivity contribution >= 4 is 33.3 Å². The SMILES string of the molecule is CS(=O)(=O)OC(CCNCCCCNC(=O)c1ccc([N+](=O)[O-])cc1)NC(=O)c1ccc([N+](=O)[O-])cc1. The molecular formula is C22H27N5O9S. The van der Waals surface area contributed by atoms with Gasteiger partial charge >= 0.3 is 0 Å². The Morgan fingerprint density at radius 2 is 1.32 bits per heavy atom. The van der Waals surface area contributed by atoms with Crippen molar-refractivity contribution in [2.75, 3.05) is 25.9 Å². The summed E-state index contributed by atoms with van der Waals surface area (Å²) in [5.41, 5.74) is 0.140. The van der Waals surface area contributed by atoms with Crippen LogP contribution in [0.5, 0.6) is 0 Å². The van der Waals surface area contributed by atoms with Gasteiger partial charge in [0, 0.05) is 48.4 Å². The number of nitro benzene ring substituents is 2. The molecule has 2 rings (SSSR count). The summed E-state index contributed by atoms with van der Waals surface area (Å²) in [5.74, 6) is -0.986. The minimum absolute atomic E-state index is 0.0993. The van der Waals surface area contributed by atoms with Crippen molar-refractivity contribution in [1.29, 1.82) is 0 Å². The Balaban J connectivity index is 1.71. The molecule has 0 aliphatic heterocycles. The van der Waals surface area contributed by atoms with E-state index in [9.17, 15) is 38.2 Å². The van der Waals surface area contributed by atoms with Gasteiger partial charge in [0.2, 0.25) is 0 Å². The Bertz CT molecular complexity index is 1200. The quantitative estimate of drug-likeness (QED) is 0.0987. The van der Waals surface area contributed by atoms with E-state index in [0.717, 1.165) is 18.4 Å². The molecule has 0 spiro atoms. The number of non-ortho nitro benzene ring substituents is 2. The molecule has 0 radical (unpaired) electrons. The van der Waals surface area contributed by atoms with Gasteiger partial charge in [0.05, 0.1) is 16.1 Å². The van der Waals surface area contributed by atoms with E-state index in [1.807, 2.05) is 0 Å². The molecular weight excluding hydrogens is 510 g/mol. The van der Waals surface area contributed by atoms with E-state index in [4.69, 9.17) is 4.18 Å². The minimum atomic E-state index is -3.87. The van der Waals surface area contributed by atoms with Crippen LogP contribution in [-0.4, -0.2) is 62.2 Å². The normalized spacial score (nSPS) is 11.9. The number of unbranched alkanes of at least 4 members (excludes halogenated alkanes) is 1. The Kier molecular flexibility index (Phi) is 11.0. The number of benzene rings is 2. The van der Waals surface area contributed by atoms with Crippen molar-refractivity contribution in [3.63, 3.8) is 0 Å². The lowest BCUT2D eigenvalue weighted by Gasteiger charge is -2.18. The fourth-order valence-electron chi connectivity index (χ4n) is 3.09. The van der Waals surface area contributed by atoms with Gasteiger partial charge < -0.3 is 16.0 Å². The number of hydrogen-bond acceptors (Lipinski definition) is 10. The van der Waals surface area contributed by atoms with Crippen LogP contribution in [0.1, 0.15) is 40.0 Å². The summed E-state index contributed by atoms with van der Waals surface area (Å²) in [5, 5.41) is 29.7. The predicted molar refractivity (Wildman–Crippen MR) is 132 cm³/mol. The molecule has 200 valence electrons. The zero-order valence-electron chi connectivity index (χ0n) is 19.9. The first-order chi connectivity index (χ1) is 17.5. The number of amides is 2. The zero-order chi connectivity index (χ0) is 27.4. The van der Waals surface area contributed by atoms with E-state index < -0.39 is 32.1 Å². The van der Waals surface area contributed by atoms with E-state index in [-0.39, 0.29) is 29.3 Å². The molecule has 15 heteroatoms. The molecule has 2 aromatic carbocycles. The maximum Gasteiger partial charge on any atom is 0.269 e. The molecule has 2 amide bonds. The monoisotopic (exact) mass is 537 g/mol. The number of nitro groups is 2. The highest BCUT2D eigenvalue weighted by atomic mass is 32.2. The van der Waals surface area contributed by atoms with Gasteiger partial charge in [-0.05, 0) is 50.2 Å². The van der Waals surface area contributed by atoms with Crippen LogP contribution in [0.2, 0.25) is 0 Å². The van der Waals surface area contributed by atoms with Gasteiger partial charge in [0.25, 0.3) is 33.3 Å². The molecule has 37 heavy (non-hydrogen) atoms. The largest absolute Gasteiger partial charge is 0.352 e. The van der Waals surface area contributed by atoms with Gasteiger partial charge in [0.1, 0.15) is 6.23 Å². The van der Waals surface area contributed by atoms with Gasteiger partial charge in [-0.1, -0.05) is 0 Å². The molecule has 3 N–H and O–H groups in total. The first-order valence-electron chi connectivity index (χ1n) is 11.1. The average Bonchev–Trinajstić information content (AvgIpc) is 2.84. The van der Waals surface area contributed by atoms with Gasteiger partial charge in [0.15, 0.2) is 0 Å². The van der Waals surface area contributed by atoms with Crippen molar-refractivity contribution in [1.82, 2.24) is 16.0 Å². The van der Waals surface area contributed by atoms with Gasteiger partial charge in [-0.15, -0.1) is 0 Å². The second-order valence-electron chi connectivity index (χ2n) is 7.87. The number of rotatable bonds is 15. The third kappa shape index (κ3) is 10.7. The molecule has 2 aromatic rings. The summed E-state index contributed by atoms with van der Waals surface area (Å²) in [6.07, 6.45) is 1.17. The number of carbonyl (C=O) groups excluding carboxylic acids is 2. The molecule has 0 aromatic heterocycles. The van der Waals surface area contributed by atoms with Crippen LogP contribution < -0.4 is 16.0 Å². The maximum absolute atomic E-state index is 12.4. The second-order valence-corrected chi connectivity index (χ2v) is 9.47. The first kappa shape index (κ1) is 29.3. The number of nitrogens with zero attached hydrogens (tertiary/aromatic N) is 2. The standard InChI is InChI=1S/C22H27N5O9S/c1-37(34,35)36-20(25-22(29)17-6-10-19(11-7-17)27(32)33)12-15-23-13-2-3-14-24-21(28)16-4-8-18(9-5-16)26(30)31/h4-11,20,23H,2-3,12-15H2,1H3,(H,24,28)(H,25,29). The average molecular weight is 538 g/mol. The first-order valence-corrected chi connectivity index (χ1v) is 12.9. The highest BCUT2D eigenvalue weighted by molar-refractivity contribution is 7.86. The molecule has 0 saturated carbocycles. The Labute approximate surface area is 212 Å². The van der Waals surface area contributed by atoms with Crippen molar-refractivity contribution in [3.05, 3.63) is 79.9 Å². The Morgan fingerprint density at radius 3 is 1.81 bits per heavy atom. The molecule has 1 unspecified atom stereocenters. The third-order valence-corrected chi connectivity index (χ3v) is 5.49. The molecule has 0 aliphatic carbocycles. The highest BCUT2D eigenvalue weighted by Crippen LogP contribution is 2.13. The van der Waals surface area contributed by atoms with Crippen molar-refractivity contribution in [2.45, 2.75) is 25.5 Å². The Morgan fingerprint density at radius 1 is 0.838 bits per heavy atom. The van der Waals surface area contributed by atoms with E-state index in [0.29, 0.717) is 38.0 Å². The van der Waals surface area contributed by atoms with Gasteiger partial charge in [-0.3, -0.25) is 29.8 Å². The van der Waals surface area contributed by atoms with Crippen LogP contribution in [0.15, 0.2) is 48.5 Å². The fourth-order valence-corrected chi connectivity index (χ4v) is 3.66. The van der Waals surface area contributed by atoms with E-state index >= 15 is 0 Å². The number of nitrogens with one attached hydrogen (secondary N) is 3. The summed E-state index contributed by atoms with van der Waals surface area (Å²) in [7, 11) is -3.87. The lowest BCUT2D eigenvalue weighted by molar-refractivity contribution is -0.385. The van der Waals surface area contributed by atoms with Crippen LogP contribution >= 0.6 is 0 Å². The molecule has 0 saturated heterocycles. The fraction of sp³-hybridized carbons (Fsp3) is 0.364. The van der Waals surface area contributed by atoms with Crippen LogP contribution in [0, 0.1) is 20.2 Å². The highest BCUT2D eigenvalue weighted by Gasteiger charge is 2.19. The molecule has 1 atom stereocenters. The second kappa shape index (κ2) is 14.0. The predicted octanol–water partition coefficient (Wildman–Crippen LogP) is 1.73. The smallest absolute Gasteiger partial charge is 0.269 e. The molecule has 14 nitrogen and oxygen atoms in total. The maximum atomic E-state index is 12.4. The summed E-state index contributed by atoms with van der Waals surface area (Å²) in [4.78, 5) is 44.7. The Hall–Kier alpha value is -3.95. The van der Waals surface area contributed by atoms with Crippen molar-refractivity contribution in [2.24, 2.45) is 0 Å². The summed E-state index contributed by atoms with van der Waals surface area (Å²) < 4.78 is 28.0. The molecule has 0 aliphatic rings. The van der Waals surface area contributed by atoms with E-state index in [1.54, 1.807) is 0 Å². The summed E-state index contributed by atoms with van der Waals surface area (Å²) in [6, 6.07) is 10.1. The lowest BCUT2D eigenvalue weighted by Crippen LogP contribution is -2.40. The van der Waals surface area contributed by atoms with E-state index in [1.165, 1.54) is 36.4 Å². The topological polar surface area (TPSA) is 200 Å². The van der Waals surface area contributed by atoms with Crippen molar-refractivity contribution < 1.29 is 32.0 Å². The number of hydrogen-bond donors (Lipinski definition) is 3. The van der Waals surface area contributed by atoms with Crippen LogP contribution in [0.3, 0.4) is 0 Å². The summed E-state index contributed by atoms with van der Waals surface area (Å²) >= 11 is 0. The van der Waals surface area contributed by atoms with Crippen LogP contribution in [0.4, 0.5) is 11.4 Å².